The number of aryl methyl sites for hydroxylation is 2. The summed E-state index contributed by atoms with van der Waals surface area (Å²) in [5.74, 6) is -0.498. The van der Waals surface area contributed by atoms with Gasteiger partial charge in [-0.3, -0.25) is 4.68 Å². The van der Waals surface area contributed by atoms with Gasteiger partial charge in [0.1, 0.15) is 11.5 Å². The zero-order chi connectivity index (χ0) is 15.1. The normalized spacial score (nSPS) is 11.0. The zero-order valence-corrected chi connectivity index (χ0v) is 12.3. The summed E-state index contributed by atoms with van der Waals surface area (Å²) in [4.78, 5) is 0. The molecular weight excluding hydrogens is 293 g/mol. The SMILES string of the molecule is Cc1nn(C)cc1-c1nn(-c2ccc(Cl)c(F)c2)cc1N. The predicted octanol–water partition coefficient (Wildman–Crippen LogP) is 2.96. The van der Waals surface area contributed by atoms with Gasteiger partial charge in [0.05, 0.1) is 28.3 Å². The molecule has 0 spiro atoms. The molecule has 2 N–H and O–H groups in total. The lowest BCUT2D eigenvalue weighted by Crippen LogP contribution is -1.96. The lowest BCUT2D eigenvalue weighted by molar-refractivity contribution is 0.626. The van der Waals surface area contributed by atoms with Crippen LogP contribution in [0.5, 0.6) is 0 Å². The molecule has 2 heterocycles. The summed E-state index contributed by atoms with van der Waals surface area (Å²) >= 11 is 5.68. The molecule has 0 unspecified atom stereocenters. The highest BCUT2D eigenvalue weighted by molar-refractivity contribution is 6.30. The van der Waals surface area contributed by atoms with Gasteiger partial charge in [-0.05, 0) is 19.1 Å². The second-order valence-electron chi connectivity index (χ2n) is 4.78. The summed E-state index contributed by atoms with van der Waals surface area (Å²) in [6.07, 6.45) is 3.49. The van der Waals surface area contributed by atoms with Crippen molar-refractivity contribution in [2.75, 3.05) is 5.73 Å². The number of hydrogen-bond acceptors (Lipinski definition) is 3. The highest BCUT2D eigenvalue weighted by atomic mass is 35.5. The molecule has 0 aliphatic carbocycles. The summed E-state index contributed by atoms with van der Waals surface area (Å²) in [6.45, 7) is 1.88. The zero-order valence-electron chi connectivity index (χ0n) is 11.5. The topological polar surface area (TPSA) is 61.7 Å². The minimum Gasteiger partial charge on any atom is -0.396 e. The van der Waals surface area contributed by atoms with Gasteiger partial charge < -0.3 is 5.73 Å². The monoisotopic (exact) mass is 305 g/mol. The van der Waals surface area contributed by atoms with E-state index in [1.165, 1.54) is 16.8 Å². The first-order valence-corrected chi connectivity index (χ1v) is 6.64. The molecule has 2 aromatic heterocycles. The molecule has 108 valence electrons. The fourth-order valence-electron chi connectivity index (χ4n) is 2.19. The van der Waals surface area contributed by atoms with Crippen molar-refractivity contribution in [1.29, 1.82) is 0 Å². The highest BCUT2D eigenvalue weighted by Gasteiger charge is 2.15. The van der Waals surface area contributed by atoms with E-state index in [9.17, 15) is 4.39 Å². The summed E-state index contributed by atoms with van der Waals surface area (Å²) in [6, 6.07) is 4.48. The molecule has 0 aliphatic heterocycles. The van der Waals surface area contributed by atoms with E-state index in [1.54, 1.807) is 16.9 Å². The minimum atomic E-state index is -0.498. The Hall–Kier alpha value is -2.34. The molecule has 0 radical (unpaired) electrons. The molecule has 0 aliphatic rings. The number of rotatable bonds is 2. The Morgan fingerprint density at radius 2 is 2.00 bits per heavy atom. The smallest absolute Gasteiger partial charge is 0.143 e. The number of nitrogens with zero attached hydrogens (tertiary/aromatic N) is 4. The van der Waals surface area contributed by atoms with Crippen molar-refractivity contribution in [3.05, 3.63) is 47.1 Å². The van der Waals surface area contributed by atoms with Crippen LogP contribution in [-0.4, -0.2) is 19.6 Å². The van der Waals surface area contributed by atoms with Crippen molar-refractivity contribution in [3.63, 3.8) is 0 Å². The van der Waals surface area contributed by atoms with Crippen LogP contribution in [-0.2, 0) is 7.05 Å². The molecule has 0 amide bonds. The maximum absolute atomic E-state index is 13.5. The molecule has 0 saturated heterocycles. The quantitative estimate of drug-likeness (QED) is 0.792. The maximum atomic E-state index is 13.5. The van der Waals surface area contributed by atoms with Crippen LogP contribution in [0.2, 0.25) is 5.02 Å². The fraction of sp³-hybridized carbons (Fsp3) is 0.143. The molecule has 0 saturated carbocycles. The number of hydrogen-bond donors (Lipinski definition) is 1. The first kappa shape index (κ1) is 13.6. The molecular formula is C14H13ClFN5. The third-order valence-corrected chi connectivity index (χ3v) is 3.49. The van der Waals surface area contributed by atoms with Crippen molar-refractivity contribution in [2.24, 2.45) is 7.05 Å². The Labute approximate surface area is 125 Å². The van der Waals surface area contributed by atoms with E-state index in [4.69, 9.17) is 17.3 Å². The Kier molecular flexibility index (Phi) is 3.17. The number of aromatic nitrogens is 4. The summed E-state index contributed by atoms with van der Waals surface area (Å²) in [5.41, 5.74) is 9.37. The average Bonchev–Trinajstić information content (AvgIpc) is 2.95. The van der Waals surface area contributed by atoms with Crippen LogP contribution in [0.15, 0.2) is 30.6 Å². The Balaban J connectivity index is 2.09. The van der Waals surface area contributed by atoms with E-state index in [2.05, 4.69) is 10.2 Å². The number of nitrogen functional groups attached to an aromatic ring is 1. The van der Waals surface area contributed by atoms with Crippen LogP contribution < -0.4 is 5.73 Å². The van der Waals surface area contributed by atoms with Crippen LogP contribution in [0.25, 0.3) is 16.9 Å². The van der Waals surface area contributed by atoms with Gasteiger partial charge in [0, 0.05) is 24.9 Å². The molecule has 0 bridgehead atoms. The number of anilines is 1. The van der Waals surface area contributed by atoms with Crippen LogP contribution in [0.3, 0.4) is 0 Å². The fourth-order valence-corrected chi connectivity index (χ4v) is 2.31. The van der Waals surface area contributed by atoms with E-state index >= 15 is 0 Å². The van der Waals surface area contributed by atoms with E-state index < -0.39 is 5.82 Å². The first-order valence-electron chi connectivity index (χ1n) is 6.27. The molecule has 7 heteroatoms. The standard InChI is InChI=1S/C14H13ClFN5/c1-8-10(6-20(2)18-8)14-13(17)7-21(19-14)9-3-4-11(15)12(16)5-9/h3-7H,17H2,1-2H3. The minimum absolute atomic E-state index is 0.0715. The molecule has 3 aromatic rings. The molecule has 1 aromatic carbocycles. The lowest BCUT2D eigenvalue weighted by Gasteiger charge is -2.02. The van der Waals surface area contributed by atoms with Crippen LogP contribution in [0, 0.1) is 12.7 Å². The van der Waals surface area contributed by atoms with Gasteiger partial charge in [0.25, 0.3) is 0 Å². The van der Waals surface area contributed by atoms with Crippen LogP contribution in [0.4, 0.5) is 10.1 Å². The average molecular weight is 306 g/mol. The Morgan fingerprint density at radius 3 is 2.62 bits per heavy atom. The molecule has 0 atom stereocenters. The van der Waals surface area contributed by atoms with E-state index in [1.807, 2.05) is 20.2 Å². The van der Waals surface area contributed by atoms with Gasteiger partial charge in [0.2, 0.25) is 0 Å². The Bertz CT molecular complexity index is 821. The van der Waals surface area contributed by atoms with Crippen molar-refractivity contribution >= 4 is 17.3 Å². The van der Waals surface area contributed by atoms with Crippen molar-refractivity contribution < 1.29 is 4.39 Å². The molecule has 0 fully saturated rings. The van der Waals surface area contributed by atoms with Gasteiger partial charge in [-0.2, -0.15) is 10.2 Å². The van der Waals surface area contributed by atoms with Gasteiger partial charge in [-0.25, -0.2) is 9.07 Å². The number of halogens is 2. The highest BCUT2D eigenvalue weighted by Crippen LogP contribution is 2.28. The molecule has 5 nitrogen and oxygen atoms in total. The largest absolute Gasteiger partial charge is 0.396 e. The predicted molar refractivity (Wildman–Crippen MR) is 79.9 cm³/mol. The molecule has 21 heavy (non-hydrogen) atoms. The maximum Gasteiger partial charge on any atom is 0.143 e. The third kappa shape index (κ3) is 2.38. The van der Waals surface area contributed by atoms with Gasteiger partial charge in [0.15, 0.2) is 0 Å². The van der Waals surface area contributed by atoms with Crippen LogP contribution in [0.1, 0.15) is 5.69 Å². The second-order valence-corrected chi connectivity index (χ2v) is 5.19. The number of nitrogens with two attached hydrogens (primary N) is 1. The third-order valence-electron chi connectivity index (χ3n) is 3.18. The van der Waals surface area contributed by atoms with Crippen molar-refractivity contribution in [1.82, 2.24) is 19.6 Å². The lowest BCUT2D eigenvalue weighted by atomic mass is 10.2. The Morgan fingerprint density at radius 1 is 1.24 bits per heavy atom. The number of benzene rings is 1. The summed E-state index contributed by atoms with van der Waals surface area (Å²) in [5, 5.41) is 8.77. The van der Waals surface area contributed by atoms with Crippen molar-refractivity contribution in [3.8, 4) is 16.9 Å². The molecule has 3 rings (SSSR count). The summed E-state index contributed by atoms with van der Waals surface area (Å²) < 4.78 is 16.8. The van der Waals surface area contributed by atoms with Gasteiger partial charge in [-0.15, -0.1) is 0 Å². The van der Waals surface area contributed by atoms with Gasteiger partial charge in [-0.1, -0.05) is 11.6 Å². The summed E-state index contributed by atoms with van der Waals surface area (Å²) in [7, 11) is 1.83. The second kappa shape index (κ2) is 4.89. The van der Waals surface area contributed by atoms with E-state index in [-0.39, 0.29) is 5.02 Å². The van der Waals surface area contributed by atoms with Gasteiger partial charge >= 0.3 is 0 Å². The van der Waals surface area contributed by atoms with Crippen LogP contribution >= 0.6 is 11.6 Å². The van der Waals surface area contributed by atoms with Crippen molar-refractivity contribution in [2.45, 2.75) is 6.92 Å². The van der Waals surface area contributed by atoms with E-state index in [0.29, 0.717) is 17.1 Å². The van der Waals surface area contributed by atoms with E-state index in [0.717, 1.165) is 11.3 Å². The first-order chi connectivity index (χ1) is 9.95.